The first-order valence-electron chi connectivity index (χ1n) is 9.01. The predicted molar refractivity (Wildman–Crippen MR) is 90.9 cm³/mol. The first-order chi connectivity index (χ1) is 11.6. The Morgan fingerprint density at radius 1 is 1.08 bits per heavy atom. The number of rotatable bonds is 4. The molecule has 4 nitrogen and oxygen atoms in total. The van der Waals surface area contributed by atoms with Gasteiger partial charge >= 0.3 is 0 Å². The highest BCUT2D eigenvalue weighted by molar-refractivity contribution is 6.24. The number of allylic oxidation sites excluding steroid dienone is 2. The summed E-state index contributed by atoms with van der Waals surface area (Å²) in [5.41, 5.74) is 2.29. The topological polar surface area (TPSA) is 66.8 Å². The molecule has 2 fully saturated rings. The second-order valence-corrected chi connectivity index (χ2v) is 7.42. The highest BCUT2D eigenvalue weighted by atomic mass is 16.5. The van der Waals surface area contributed by atoms with Crippen LogP contribution in [0, 0.1) is 11.8 Å². The Labute approximate surface area is 142 Å². The van der Waals surface area contributed by atoms with Crippen LogP contribution in [0.25, 0.3) is 5.57 Å². The molecule has 1 unspecified atom stereocenters. The summed E-state index contributed by atoms with van der Waals surface area (Å²) in [5.74, 6) is 1.24. The van der Waals surface area contributed by atoms with Crippen molar-refractivity contribution in [2.24, 2.45) is 11.8 Å². The minimum atomic E-state index is -0.127. The van der Waals surface area contributed by atoms with E-state index in [-0.39, 0.29) is 23.2 Å². The molecule has 3 aliphatic rings. The van der Waals surface area contributed by atoms with Gasteiger partial charge in [-0.1, -0.05) is 6.07 Å². The highest BCUT2D eigenvalue weighted by Crippen LogP contribution is 2.47. The van der Waals surface area contributed by atoms with Gasteiger partial charge in [0.15, 0.2) is 5.78 Å². The number of hydrogen-bond donors (Lipinski definition) is 2. The van der Waals surface area contributed by atoms with Crippen LogP contribution >= 0.6 is 0 Å². The number of aliphatic hydroxyl groups excluding tert-OH is 1. The van der Waals surface area contributed by atoms with Crippen LogP contribution in [0.15, 0.2) is 24.0 Å². The van der Waals surface area contributed by atoms with Gasteiger partial charge in [-0.3, -0.25) is 4.79 Å². The van der Waals surface area contributed by atoms with Crippen LogP contribution in [0.4, 0.5) is 0 Å². The zero-order chi connectivity index (χ0) is 16.7. The van der Waals surface area contributed by atoms with Crippen molar-refractivity contribution in [2.45, 2.75) is 44.4 Å². The van der Waals surface area contributed by atoms with Crippen molar-refractivity contribution in [3.05, 3.63) is 35.1 Å². The second-order valence-electron chi connectivity index (χ2n) is 7.42. The lowest BCUT2D eigenvalue weighted by Gasteiger charge is -2.24. The lowest BCUT2D eigenvalue weighted by molar-refractivity contribution is -0.117. The van der Waals surface area contributed by atoms with E-state index in [1.54, 1.807) is 12.1 Å². The molecule has 1 saturated heterocycles. The molecule has 1 atom stereocenters. The van der Waals surface area contributed by atoms with Crippen LogP contribution in [-0.2, 0) is 9.53 Å². The van der Waals surface area contributed by atoms with Gasteiger partial charge in [0.1, 0.15) is 11.5 Å². The van der Waals surface area contributed by atoms with E-state index in [0.717, 1.165) is 56.4 Å². The predicted octanol–water partition coefficient (Wildman–Crippen LogP) is 3.94. The van der Waals surface area contributed by atoms with Crippen LogP contribution in [0.3, 0.4) is 0 Å². The van der Waals surface area contributed by atoms with Gasteiger partial charge < -0.3 is 14.9 Å². The van der Waals surface area contributed by atoms with Crippen molar-refractivity contribution in [3.8, 4) is 5.75 Å². The molecule has 1 aromatic carbocycles. The van der Waals surface area contributed by atoms with E-state index in [9.17, 15) is 15.0 Å². The SMILES string of the molecule is O=C1C(c2cc(O)ccc2C2CC2)=C(O)CC1CC1CCOCC1. The summed E-state index contributed by atoms with van der Waals surface area (Å²) in [7, 11) is 0. The van der Waals surface area contributed by atoms with Crippen LogP contribution in [0.5, 0.6) is 5.75 Å². The molecule has 2 N–H and O–H groups in total. The Balaban J connectivity index is 1.58. The van der Waals surface area contributed by atoms with E-state index in [1.165, 1.54) is 0 Å². The Kier molecular flexibility index (Phi) is 4.09. The van der Waals surface area contributed by atoms with E-state index in [1.807, 2.05) is 6.07 Å². The van der Waals surface area contributed by atoms with Crippen LogP contribution < -0.4 is 0 Å². The van der Waals surface area contributed by atoms with Crippen molar-refractivity contribution in [3.63, 3.8) is 0 Å². The standard InChI is InChI=1S/C20H24O4/c21-15-3-4-16(13-1-2-13)17(11-15)19-18(22)10-14(20(19)23)9-12-5-7-24-8-6-12/h3-4,11-14,21-22H,1-2,5-10H2. The van der Waals surface area contributed by atoms with Crippen molar-refractivity contribution in [1.82, 2.24) is 0 Å². The van der Waals surface area contributed by atoms with E-state index >= 15 is 0 Å². The highest BCUT2D eigenvalue weighted by Gasteiger charge is 2.38. The van der Waals surface area contributed by atoms with Gasteiger partial charge in [-0.25, -0.2) is 0 Å². The first kappa shape index (κ1) is 15.7. The Morgan fingerprint density at radius 3 is 2.54 bits per heavy atom. The monoisotopic (exact) mass is 328 g/mol. The quantitative estimate of drug-likeness (QED) is 0.878. The van der Waals surface area contributed by atoms with Crippen molar-refractivity contribution >= 4 is 11.4 Å². The van der Waals surface area contributed by atoms with Crippen molar-refractivity contribution in [1.29, 1.82) is 0 Å². The van der Waals surface area contributed by atoms with E-state index < -0.39 is 0 Å². The average molecular weight is 328 g/mol. The molecule has 1 saturated carbocycles. The van der Waals surface area contributed by atoms with Gasteiger partial charge in [-0.15, -0.1) is 0 Å². The molecule has 4 heteroatoms. The maximum absolute atomic E-state index is 13.0. The molecule has 0 amide bonds. The zero-order valence-corrected chi connectivity index (χ0v) is 13.8. The van der Waals surface area contributed by atoms with Gasteiger partial charge in [-0.2, -0.15) is 0 Å². The van der Waals surface area contributed by atoms with E-state index in [2.05, 4.69) is 0 Å². The van der Waals surface area contributed by atoms with Crippen LogP contribution in [-0.4, -0.2) is 29.2 Å². The van der Waals surface area contributed by atoms with Gasteiger partial charge in [0.25, 0.3) is 0 Å². The fraction of sp³-hybridized carbons (Fsp3) is 0.550. The zero-order valence-electron chi connectivity index (χ0n) is 13.8. The number of Topliss-reactive ketones (excluding diaryl/α,β-unsaturated/α-hetero) is 1. The smallest absolute Gasteiger partial charge is 0.170 e. The molecule has 1 heterocycles. The number of carbonyl (C=O) groups excluding carboxylic acids is 1. The maximum Gasteiger partial charge on any atom is 0.170 e. The lowest BCUT2D eigenvalue weighted by atomic mass is 9.85. The first-order valence-corrected chi connectivity index (χ1v) is 9.01. The van der Waals surface area contributed by atoms with Gasteiger partial charge in [0, 0.05) is 25.6 Å². The molecular formula is C20H24O4. The molecular weight excluding hydrogens is 304 g/mol. The molecule has 24 heavy (non-hydrogen) atoms. The third-order valence-corrected chi connectivity index (χ3v) is 5.63. The molecule has 0 aromatic heterocycles. The number of benzene rings is 1. The maximum atomic E-state index is 13.0. The molecule has 0 bridgehead atoms. The number of hydrogen-bond acceptors (Lipinski definition) is 4. The fourth-order valence-corrected chi connectivity index (χ4v) is 4.15. The van der Waals surface area contributed by atoms with Crippen molar-refractivity contribution in [2.75, 3.05) is 13.2 Å². The van der Waals surface area contributed by atoms with Crippen molar-refractivity contribution < 1.29 is 19.7 Å². The molecule has 2 aliphatic carbocycles. The second kappa shape index (κ2) is 6.25. The third kappa shape index (κ3) is 2.95. The number of aliphatic hydroxyl groups is 1. The van der Waals surface area contributed by atoms with Gasteiger partial charge in [-0.05, 0) is 67.2 Å². The number of ether oxygens (including phenoxy) is 1. The molecule has 0 radical (unpaired) electrons. The summed E-state index contributed by atoms with van der Waals surface area (Å²) in [6.07, 6.45) is 5.49. The minimum absolute atomic E-state index is 0.0477. The average Bonchev–Trinajstić information content (AvgIpc) is 3.36. The largest absolute Gasteiger partial charge is 0.512 e. The van der Waals surface area contributed by atoms with E-state index in [0.29, 0.717) is 23.8 Å². The molecule has 4 rings (SSSR count). The molecule has 0 spiro atoms. The summed E-state index contributed by atoms with van der Waals surface area (Å²) in [5, 5.41) is 20.4. The Hall–Kier alpha value is -1.81. The number of carbonyl (C=O) groups is 1. The van der Waals surface area contributed by atoms with Crippen LogP contribution in [0.2, 0.25) is 0 Å². The number of phenols is 1. The Morgan fingerprint density at radius 2 is 1.83 bits per heavy atom. The third-order valence-electron chi connectivity index (χ3n) is 5.63. The summed E-state index contributed by atoms with van der Waals surface area (Å²) in [4.78, 5) is 13.0. The summed E-state index contributed by atoms with van der Waals surface area (Å²) in [6.45, 7) is 1.55. The number of ketones is 1. The van der Waals surface area contributed by atoms with Crippen LogP contribution in [0.1, 0.15) is 55.6 Å². The lowest BCUT2D eigenvalue weighted by Crippen LogP contribution is -2.21. The normalized spacial score (nSPS) is 25.5. The number of phenolic OH excluding ortho intramolecular Hbond substituents is 1. The Bertz CT molecular complexity index is 681. The van der Waals surface area contributed by atoms with Gasteiger partial charge in [0.2, 0.25) is 0 Å². The summed E-state index contributed by atoms with van der Waals surface area (Å²) >= 11 is 0. The molecule has 1 aliphatic heterocycles. The fourth-order valence-electron chi connectivity index (χ4n) is 4.15. The molecule has 1 aromatic rings. The summed E-state index contributed by atoms with van der Waals surface area (Å²) < 4.78 is 5.39. The minimum Gasteiger partial charge on any atom is -0.512 e. The number of aromatic hydroxyl groups is 1. The van der Waals surface area contributed by atoms with E-state index in [4.69, 9.17) is 4.74 Å². The summed E-state index contributed by atoms with van der Waals surface area (Å²) in [6, 6.07) is 5.23. The molecule has 128 valence electrons. The van der Waals surface area contributed by atoms with Gasteiger partial charge in [0.05, 0.1) is 5.57 Å².